The molecule has 8 N–H and O–H groups in total. The number of carbonyl (C=O) groups is 2. The summed E-state index contributed by atoms with van der Waals surface area (Å²) in [4.78, 5) is 21.4. The van der Waals surface area contributed by atoms with E-state index in [4.69, 9.17) is 31.9 Å². The van der Waals surface area contributed by atoms with Gasteiger partial charge in [-0.2, -0.15) is 0 Å². The van der Waals surface area contributed by atoms with Crippen LogP contribution >= 0.6 is 0 Å². The predicted molar refractivity (Wildman–Crippen MR) is 146 cm³/mol. The fourth-order valence-corrected chi connectivity index (χ4v) is 2.83. The maximum atomic E-state index is 10.7. The van der Waals surface area contributed by atoms with E-state index < -0.39 is 11.9 Å². The van der Waals surface area contributed by atoms with Crippen molar-refractivity contribution in [3.8, 4) is 11.5 Å². The Hall–Kier alpha value is -5.24. The highest BCUT2D eigenvalue weighted by Gasteiger charge is 2.01. The van der Waals surface area contributed by atoms with Crippen molar-refractivity contribution < 1.29 is 30.0 Å². The molecule has 4 aromatic rings. The maximum absolute atomic E-state index is 10.7. The van der Waals surface area contributed by atoms with E-state index in [9.17, 15) is 9.59 Å². The van der Waals surface area contributed by atoms with Gasteiger partial charge in [0.15, 0.2) is 0 Å². The first-order valence-corrected chi connectivity index (χ1v) is 11.0. The minimum absolute atomic E-state index is 0.146. The summed E-state index contributed by atoms with van der Waals surface area (Å²) in [6, 6.07) is 24.8. The number of hydrogen-bond acceptors (Lipinski definition) is 6. The summed E-state index contributed by atoms with van der Waals surface area (Å²) in [5, 5.41) is 35.3. The zero-order valence-electron chi connectivity index (χ0n) is 20.1. The SMILES string of the molecule is Cc1ccc(O)c(N)c1.Nc1ccccc1O.O=C(O)c1ccc(/C=C/c2ccc(C(=O)O)cc2)cc1. The second-order valence-corrected chi connectivity index (χ2v) is 7.81. The number of hydrogen-bond donors (Lipinski definition) is 6. The molecule has 0 atom stereocenters. The third kappa shape index (κ3) is 9.50. The Balaban J connectivity index is 0.000000232. The molecule has 0 saturated heterocycles. The average molecular weight is 501 g/mol. The molecule has 0 spiro atoms. The van der Waals surface area contributed by atoms with Gasteiger partial charge in [-0.05, 0) is 72.1 Å². The number of aromatic carboxylic acids is 2. The molecular formula is C29H28N2O6. The lowest BCUT2D eigenvalue weighted by molar-refractivity contribution is 0.0686. The van der Waals surface area contributed by atoms with Crippen LogP contribution in [0, 0.1) is 6.92 Å². The van der Waals surface area contributed by atoms with E-state index >= 15 is 0 Å². The third-order valence-corrected chi connectivity index (χ3v) is 4.90. The molecule has 4 aromatic carbocycles. The minimum atomic E-state index is -0.954. The second kappa shape index (κ2) is 13.6. The van der Waals surface area contributed by atoms with Crippen molar-refractivity contribution in [2.24, 2.45) is 0 Å². The lowest BCUT2D eigenvalue weighted by Gasteiger charge is -1.97. The summed E-state index contributed by atoms with van der Waals surface area (Å²) in [5.74, 6) is -1.61. The van der Waals surface area contributed by atoms with Crippen molar-refractivity contribution >= 4 is 35.5 Å². The maximum Gasteiger partial charge on any atom is 0.335 e. The normalized spacial score (nSPS) is 9.97. The van der Waals surface area contributed by atoms with Crippen molar-refractivity contribution in [1.82, 2.24) is 0 Å². The second-order valence-electron chi connectivity index (χ2n) is 7.81. The summed E-state index contributed by atoms with van der Waals surface area (Å²) >= 11 is 0. The Kier molecular flexibility index (Phi) is 10.3. The molecule has 37 heavy (non-hydrogen) atoms. The molecule has 0 aliphatic rings. The Labute approximate surface area is 214 Å². The number of para-hydroxylation sites is 2. The number of carboxylic acids is 2. The van der Waals surface area contributed by atoms with E-state index in [0.717, 1.165) is 16.7 Å². The molecule has 0 aromatic heterocycles. The van der Waals surface area contributed by atoms with Crippen LogP contribution < -0.4 is 11.5 Å². The van der Waals surface area contributed by atoms with Crippen molar-refractivity contribution in [3.63, 3.8) is 0 Å². The summed E-state index contributed by atoms with van der Waals surface area (Å²) in [7, 11) is 0. The van der Waals surface area contributed by atoms with Gasteiger partial charge in [0, 0.05) is 0 Å². The van der Waals surface area contributed by atoms with Gasteiger partial charge in [0.2, 0.25) is 0 Å². The molecule has 0 aliphatic heterocycles. The van der Waals surface area contributed by atoms with E-state index in [1.807, 2.05) is 25.1 Å². The van der Waals surface area contributed by atoms with E-state index in [1.54, 1.807) is 60.7 Å². The van der Waals surface area contributed by atoms with Crippen LogP contribution in [0.15, 0.2) is 91.0 Å². The van der Waals surface area contributed by atoms with Crippen LogP contribution in [0.5, 0.6) is 11.5 Å². The zero-order valence-corrected chi connectivity index (χ0v) is 20.1. The largest absolute Gasteiger partial charge is 0.506 e. The number of phenolic OH excluding ortho intramolecular Hbond substituents is 2. The van der Waals surface area contributed by atoms with Gasteiger partial charge >= 0.3 is 11.9 Å². The fourth-order valence-electron chi connectivity index (χ4n) is 2.83. The highest BCUT2D eigenvalue weighted by Crippen LogP contribution is 2.19. The minimum Gasteiger partial charge on any atom is -0.506 e. The molecule has 0 heterocycles. The first-order chi connectivity index (χ1) is 17.6. The monoisotopic (exact) mass is 500 g/mol. The van der Waals surface area contributed by atoms with Crippen molar-refractivity contribution in [1.29, 1.82) is 0 Å². The van der Waals surface area contributed by atoms with Gasteiger partial charge in [0.05, 0.1) is 22.5 Å². The van der Waals surface area contributed by atoms with Gasteiger partial charge < -0.3 is 31.9 Å². The van der Waals surface area contributed by atoms with Gasteiger partial charge in [0.25, 0.3) is 0 Å². The van der Waals surface area contributed by atoms with Crippen LogP contribution in [0.25, 0.3) is 12.2 Å². The van der Waals surface area contributed by atoms with E-state index in [-0.39, 0.29) is 22.6 Å². The van der Waals surface area contributed by atoms with Crippen LogP contribution in [-0.2, 0) is 0 Å². The summed E-state index contributed by atoms with van der Waals surface area (Å²) in [6.07, 6.45) is 3.67. The molecule has 0 aliphatic carbocycles. The van der Waals surface area contributed by atoms with Crippen LogP contribution in [0.1, 0.15) is 37.4 Å². The van der Waals surface area contributed by atoms with Crippen LogP contribution in [0.4, 0.5) is 11.4 Å². The molecule has 0 unspecified atom stereocenters. The Morgan fingerprint density at radius 3 is 1.38 bits per heavy atom. The summed E-state index contributed by atoms with van der Waals surface area (Å²) < 4.78 is 0. The Morgan fingerprint density at radius 1 is 0.622 bits per heavy atom. The third-order valence-electron chi connectivity index (χ3n) is 4.90. The standard InChI is InChI=1S/C16H12O4.C7H9NO.C6H7NO/c17-15(18)13-7-3-11(4-8-13)1-2-12-5-9-14(10-6-12)16(19)20;1-5-2-3-7(9)6(8)4-5;7-5-3-1-2-4-6(5)8/h1-10H,(H,17,18)(H,19,20);2-4,9H,8H2,1H3;1-4,8H,7H2/b2-1+;;. The number of anilines is 2. The van der Waals surface area contributed by atoms with E-state index in [2.05, 4.69) is 0 Å². The highest BCUT2D eigenvalue weighted by molar-refractivity contribution is 5.88. The molecule has 4 rings (SSSR count). The molecule has 0 amide bonds. The lowest BCUT2D eigenvalue weighted by Crippen LogP contribution is -1.95. The van der Waals surface area contributed by atoms with Gasteiger partial charge in [0.1, 0.15) is 11.5 Å². The number of aryl methyl sites for hydroxylation is 1. The highest BCUT2D eigenvalue weighted by atomic mass is 16.4. The number of nitrogens with two attached hydrogens (primary N) is 2. The average Bonchev–Trinajstić information content (AvgIpc) is 2.88. The van der Waals surface area contributed by atoms with Crippen molar-refractivity contribution in [2.75, 3.05) is 11.5 Å². The predicted octanol–water partition coefficient (Wildman–Crippen LogP) is 5.51. The zero-order chi connectivity index (χ0) is 27.4. The first kappa shape index (κ1) is 28.0. The van der Waals surface area contributed by atoms with E-state index in [1.165, 1.54) is 24.3 Å². The summed E-state index contributed by atoms with van der Waals surface area (Å²) in [5.41, 5.74) is 14.8. The van der Waals surface area contributed by atoms with Gasteiger partial charge in [-0.1, -0.05) is 54.6 Å². The molecule has 0 fully saturated rings. The van der Waals surface area contributed by atoms with Crippen molar-refractivity contribution in [3.05, 3.63) is 119 Å². The summed E-state index contributed by atoms with van der Waals surface area (Å²) in [6.45, 7) is 1.93. The Bertz CT molecular complexity index is 1280. The molecule has 190 valence electrons. The molecule has 8 heteroatoms. The number of aromatic hydroxyl groups is 2. The molecule has 0 radical (unpaired) electrons. The van der Waals surface area contributed by atoms with Crippen LogP contribution in [-0.4, -0.2) is 32.4 Å². The Morgan fingerprint density at radius 2 is 1.05 bits per heavy atom. The fraction of sp³-hybridized carbons (Fsp3) is 0.0345. The molecular weight excluding hydrogens is 472 g/mol. The van der Waals surface area contributed by atoms with Gasteiger partial charge in [-0.25, -0.2) is 9.59 Å². The van der Waals surface area contributed by atoms with Crippen LogP contribution in [0.2, 0.25) is 0 Å². The number of carboxylic acid groups (broad SMARTS) is 2. The smallest absolute Gasteiger partial charge is 0.335 e. The quantitative estimate of drug-likeness (QED) is 0.121. The molecule has 0 bridgehead atoms. The topological polar surface area (TPSA) is 167 Å². The first-order valence-electron chi connectivity index (χ1n) is 11.0. The number of nitrogen functional groups attached to an aromatic ring is 2. The molecule has 8 nitrogen and oxygen atoms in total. The van der Waals surface area contributed by atoms with Crippen molar-refractivity contribution in [2.45, 2.75) is 6.92 Å². The van der Waals surface area contributed by atoms with E-state index in [0.29, 0.717) is 11.4 Å². The van der Waals surface area contributed by atoms with Gasteiger partial charge in [-0.3, -0.25) is 0 Å². The number of rotatable bonds is 4. The molecule has 0 saturated carbocycles. The van der Waals surface area contributed by atoms with Crippen LogP contribution in [0.3, 0.4) is 0 Å². The lowest BCUT2D eigenvalue weighted by atomic mass is 10.1. The number of phenols is 2. The van der Waals surface area contributed by atoms with Gasteiger partial charge in [-0.15, -0.1) is 0 Å². The number of benzene rings is 4.